The van der Waals surface area contributed by atoms with Gasteiger partial charge >= 0.3 is 12.7 Å². The highest BCUT2D eigenvalue weighted by atomic mass is 19.4. The average molecular weight is 501 g/mol. The highest BCUT2D eigenvalue weighted by Crippen LogP contribution is 2.56. The summed E-state index contributed by atoms with van der Waals surface area (Å²) < 4.78 is 87.4. The fraction of sp³-hybridized carbons (Fsp3) is 0.217. The normalized spacial score (nSPS) is 15.5. The third-order valence-corrected chi connectivity index (χ3v) is 5.53. The molecule has 0 bridgehead atoms. The van der Waals surface area contributed by atoms with Gasteiger partial charge in [-0.05, 0) is 35.7 Å². The van der Waals surface area contributed by atoms with Gasteiger partial charge in [-0.25, -0.2) is 0 Å². The molecule has 0 saturated carbocycles. The molecule has 36 heavy (non-hydrogen) atoms. The van der Waals surface area contributed by atoms with Crippen molar-refractivity contribution in [2.24, 2.45) is 0 Å². The van der Waals surface area contributed by atoms with Crippen LogP contribution >= 0.6 is 0 Å². The molecule has 1 heterocycles. The zero-order valence-corrected chi connectivity index (χ0v) is 17.8. The lowest BCUT2D eigenvalue weighted by Crippen LogP contribution is -2.19. The van der Waals surface area contributed by atoms with E-state index in [4.69, 9.17) is 0 Å². The van der Waals surface area contributed by atoms with Crippen molar-refractivity contribution in [1.82, 2.24) is 5.32 Å². The van der Waals surface area contributed by atoms with Crippen molar-refractivity contribution in [3.63, 3.8) is 0 Å². The second-order valence-electron chi connectivity index (χ2n) is 7.64. The second-order valence-corrected chi connectivity index (χ2v) is 7.64. The second kappa shape index (κ2) is 8.20. The lowest BCUT2D eigenvalue weighted by Gasteiger charge is -2.18. The fourth-order valence-corrected chi connectivity index (χ4v) is 4.25. The van der Waals surface area contributed by atoms with Gasteiger partial charge in [0.25, 0.3) is 0 Å². The maximum atomic E-state index is 13.3. The van der Waals surface area contributed by atoms with Crippen LogP contribution in [0.4, 0.5) is 26.3 Å². The smallest absolute Gasteiger partial charge is 0.404 e. The maximum Gasteiger partial charge on any atom is 0.573 e. The Kier molecular flexibility index (Phi) is 5.56. The van der Waals surface area contributed by atoms with Crippen LogP contribution < -0.4 is 14.8 Å². The molecule has 1 aliphatic carbocycles. The Morgan fingerprint density at radius 3 is 1.78 bits per heavy atom. The standard InChI is InChI=1S/C23H9F6N5O2/c1-9-16-13(2-10(4-30)20(9)35-22(24,25)26)14-3-11(5-31)21(36-23(27,28)29)19(15-8-34-15)18(14)17(16)12(6-32)7-33/h2-3,15,34H,8H2,1H3. The third-order valence-electron chi connectivity index (χ3n) is 5.53. The van der Waals surface area contributed by atoms with Crippen molar-refractivity contribution in [1.29, 1.82) is 21.0 Å². The molecule has 1 unspecified atom stereocenters. The van der Waals surface area contributed by atoms with Crippen LogP contribution in [-0.2, 0) is 0 Å². The number of fused-ring (bicyclic) bond motifs is 3. The number of nitrogens with zero attached hydrogens (tertiary/aromatic N) is 4. The van der Waals surface area contributed by atoms with Crippen molar-refractivity contribution in [3.8, 4) is 46.9 Å². The zero-order valence-electron chi connectivity index (χ0n) is 17.8. The van der Waals surface area contributed by atoms with Crippen LogP contribution in [0.5, 0.6) is 11.5 Å². The number of nitrogens with one attached hydrogen (secondary N) is 1. The van der Waals surface area contributed by atoms with Crippen molar-refractivity contribution in [2.75, 3.05) is 6.54 Å². The minimum absolute atomic E-state index is 0.0449. The average Bonchev–Trinajstić information content (AvgIpc) is 3.57. The van der Waals surface area contributed by atoms with Crippen LogP contribution in [0, 0.1) is 52.2 Å². The van der Waals surface area contributed by atoms with Gasteiger partial charge in [-0.3, -0.25) is 0 Å². The first-order valence-corrected chi connectivity index (χ1v) is 9.84. The molecule has 1 fully saturated rings. The monoisotopic (exact) mass is 501 g/mol. The van der Waals surface area contributed by atoms with E-state index in [1.807, 2.05) is 0 Å². The Morgan fingerprint density at radius 2 is 1.33 bits per heavy atom. The molecule has 1 saturated heterocycles. The van der Waals surface area contributed by atoms with Crippen molar-refractivity contribution < 1.29 is 35.8 Å². The minimum Gasteiger partial charge on any atom is -0.404 e. The molecular formula is C23H9F6N5O2. The van der Waals surface area contributed by atoms with Gasteiger partial charge in [0, 0.05) is 34.9 Å². The van der Waals surface area contributed by atoms with Gasteiger partial charge in [0.15, 0.2) is 11.5 Å². The van der Waals surface area contributed by atoms with Gasteiger partial charge in [-0.1, -0.05) is 0 Å². The van der Waals surface area contributed by atoms with E-state index in [0.29, 0.717) is 0 Å². The summed E-state index contributed by atoms with van der Waals surface area (Å²) in [6, 6.07) is 7.72. The highest BCUT2D eigenvalue weighted by molar-refractivity contribution is 6.08. The molecular weight excluding hydrogens is 492 g/mol. The predicted octanol–water partition coefficient (Wildman–Crippen LogP) is 5.01. The van der Waals surface area contributed by atoms with Crippen LogP contribution in [0.1, 0.15) is 39.4 Å². The molecule has 0 amide bonds. The first-order chi connectivity index (χ1) is 16.8. The summed E-state index contributed by atoms with van der Waals surface area (Å²) in [5.41, 5.74) is -2.52. The van der Waals surface area contributed by atoms with Crippen LogP contribution in [0.3, 0.4) is 0 Å². The van der Waals surface area contributed by atoms with E-state index in [1.54, 1.807) is 24.3 Å². The molecule has 1 atom stereocenters. The van der Waals surface area contributed by atoms with Crippen molar-refractivity contribution in [2.45, 2.75) is 25.7 Å². The highest BCUT2D eigenvalue weighted by Gasteiger charge is 2.43. The summed E-state index contributed by atoms with van der Waals surface area (Å²) in [5.74, 6) is -1.74. The third kappa shape index (κ3) is 4.02. The number of nitriles is 4. The number of hydrogen-bond acceptors (Lipinski definition) is 7. The van der Waals surface area contributed by atoms with E-state index in [2.05, 4.69) is 14.8 Å². The van der Waals surface area contributed by atoms with Gasteiger partial charge in [0.2, 0.25) is 0 Å². The Hall–Kier alpha value is -4.72. The topological polar surface area (TPSA) is 136 Å². The first-order valence-electron chi connectivity index (χ1n) is 9.84. The Bertz CT molecular complexity index is 1510. The predicted molar refractivity (Wildman–Crippen MR) is 107 cm³/mol. The number of hydrogen-bond donors (Lipinski definition) is 1. The van der Waals surface area contributed by atoms with Gasteiger partial charge in [-0.2, -0.15) is 21.0 Å². The first kappa shape index (κ1) is 24.4. The summed E-state index contributed by atoms with van der Waals surface area (Å²) in [4.78, 5) is 0. The van der Waals surface area contributed by atoms with E-state index in [-0.39, 0.29) is 45.5 Å². The lowest BCUT2D eigenvalue weighted by atomic mass is 9.90. The molecule has 1 N–H and O–H groups in total. The van der Waals surface area contributed by atoms with E-state index in [1.165, 1.54) is 0 Å². The Balaban J connectivity index is 2.20. The molecule has 2 aromatic carbocycles. The van der Waals surface area contributed by atoms with Crippen molar-refractivity contribution in [3.05, 3.63) is 51.1 Å². The van der Waals surface area contributed by atoms with Gasteiger partial charge in [-0.15, -0.1) is 26.3 Å². The molecule has 0 spiro atoms. The number of benzene rings is 2. The van der Waals surface area contributed by atoms with E-state index in [0.717, 1.165) is 19.1 Å². The largest absolute Gasteiger partial charge is 0.573 e. The number of rotatable bonds is 3. The molecule has 2 aromatic rings. The number of halogens is 6. The van der Waals surface area contributed by atoms with Crippen LogP contribution in [0.15, 0.2) is 17.7 Å². The van der Waals surface area contributed by atoms with E-state index >= 15 is 0 Å². The summed E-state index contributed by atoms with van der Waals surface area (Å²) in [5, 5.41) is 41.1. The molecule has 1 aliphatic heterocycles. The number of allylic oxidation sites excluding steroid dienone is 1. The quantitative estimate of drug-likeness (QED) is 0.303. The molecule has 7 nitrogen and oxygen atoms in total. The SMILES string of the molecule is Cc1c(OC(F)(F)F)c(C#N)cc2c1C(=C(C#N)C#N)c1c-2cc(C#N)c(OC(F)(F)F)c1C1CN1. The summed E-state index contributed by atoms with van der Waals surface area (Å²) >= 11 is 0. The molecule has 4 rings (SSSR count). The van der Waals surface area contributed by atoms with Crippen LogP contribution in [0.2, 0.25) is 0 Å². The molecule has 180 valence electrons. The summed E-state index contributed by atoms with van der Waals surface area (Å²) in [7, 11) is 0. The summed E-state index contributed by atoms with van der Waals surface area (Å²) in [6.07, 6.45) is -10.4. The molecule has 0 radical (unpaired) electrons. The number of ether oxygens (including phenoxy) is 2. The Labute approximate surface area is 198 Å². The van der Waals surface area contributed by atoms with Crippen LogP contribution in [-0.4, -0.2) is 19.3 Å². The van der Waals surface area contributed by atoms with Gasteiger partial charge < -0.3 is 14.8 Å². The van der Waals surface area contributed by atoms with E-state index < -0.39 is 47.0 Å². The van der Waals surface area contributed by atoms with Crippen LogP contribution in [0.25, 0.3) is 16.7 Å². The van der Waals surface area contributed by atoms with Crippen molar-refractivity contribution >= 4 is 5.57 Å². The van der Waals surface area contributed by atoms with Gasteiger partial charge in [0.1, 0.15) is 29.8 Å². The minimum atomic E-state index is -5.20. The zero-order chi connectivity index (χ0) is 26.6. The van der Waals surface area contributed by atoms with E-state index in [9.17, 15) is 47.4 Å². The van der Waals surface area contributed by atoms with Gasteiger partial charge in [0.05, 0.1) is 11.1 Å². The maximum absolute atomic E-state index is 13.3. The summed E-state index contributed by atoms with van der Waals surface area (Å²) in [6.45, 7) is 1.32. The lowest BCUT2D eigenvalue weighted by molar-refractivity contribution is -0.276. The number of alkyl halides is 6. The molecule has 13 heteroatoms. The fourth-order valence-electron chi connectivity index (χ4n) is 4.25. The molecule has 0 aromatic heterocycles. The molecule has 2 aliphatic rings. The Morgan fingerprint density at radius 1 is 0.861 bits per heavy atom.